The van der Waals surface area contributed by atoms with Crippen LogP contribution in [0.15, 0.2) is 63.8 Å². The third-order valence-corrected chi connectivity index (χ3v) is 6.66. The van der Waals surface area contributed by atoms with Crippen LogP contribution >= 0.6 is 11.3 Å². The van der Waals surface area contributed by atoms with Crippen molar-refractivity contribution in [1.29, 1.82) is 0 Å². The van der Waals surface area contributed by atoms with Crippen LogP contribution in [0.3, 0.4) is 0 Å². The van der Waals surface area contributed by atoms with E-state index in [0.29, 0.717) is 38.7 Å². The Balaban J connectivity index is 1.89. The van der Waals surface area contributed by atoms with Gasteiger partial charge in [0.1, 0.15) is 0 Å². The molecule has 2 aromatic heterocycles. The summed E-state index contributed by atoms with van der Waals surface area (Å²) in [6, 6.07) is 7.82. The Morgan fingerprint density at radius 3 is 2.53 bits per heavy atom. The molecule has 1 aliphatic heterocycles. The van der Waals surface area contributed by atoms with E-state index in [1.54, 1.807) is 62.6 Å². The van der Waals surface area contributed by atoms with E-state index in [4.69, 9.17) is 14.2 Å². The number of rotatable bonds is 9. The third kappa shape index (κ3) is 5.52. The van der Waals surface area contributed by atoms with Crippen LogP contribution in [0, 0.1) is 0 Å². The van der Waals surface area contributed by atoms with Crippen LogP contribution < -0.4 is 24.4 Å². The first-order valence-corrected chi connectivity index (χ1v) is 12.8. The van der Waals surface area contributed by atoms with Gasteiger partial charge in [0.15, 0.2) is 22.9 Å². The molecule has 1 atom stereocenters. The summed E-state index contributed by atoms with van der Waals surface area (Å²) in [6.45, 7) is 5.44. The molecule has 0 saturated carbocycles. The molecule has 0 radical (unpaired) electrons. The molecular formula is C27H27N3O7S. The minimum atomic E-state index is -0.821. The first kappa shape index (κ1) is 26.8. The van der Waals surface area contributed by atoms with Crippen molar-refractivity contribution < 1.29 is 28.5 Å². The zero-order valence-electron chi connectivity index (χ0n) is 21.4. The van der Waals surface area contributed by atoms with Crippen molar-refractivity contribution in [2.24, 2.45) is 4.99 Å². The average Bonchev–Trinajstić information content (AvgIpc) is 3.21. The average molecular weight is 538 g/mol. The van der Waals surface area contributed by atoms with Crippen molar-refractivity contribution in [3.8, 4) is 11.5 Å². The monoisotopic (exact) mass is 537 g/mol. The number of pyridine rings is 1. The van der Waals surface area contributed by atoms with Gasteiger partial charge in [-0.25, -0.2) is 14.6 Å². The Morgan fingerprint density at radius 1 is 1.08 bits per heavy atom. The lowest BCUT2D eigenvalue weighted by Gasteiger charge is -2.25. The van der Waals surface area contributed by atoms with Crippen molar-refractivity contribution in [1.82, 2.24) is 9.55 Å². The fourth-order valence-electron chi connectivity index (χ4n) is 4.00. The summed E-state index contributed by atoms with van der Waals surface area (Å²) in [4.78, 5) is 47.5. The molecule has 11 heteroatoms. The van der Waals surface area contributed by atoms with Gasteiger partial charge in [-0.15, -0.1) is 0 Å². The highest BCUT2D eigenvalue weighted by Gasteiger charge is 2.34. The molecule has 10 nitrogen and oxygen atoms in total. The topological polar surface area (TPSA) is 118 Å². The highest BCUT2D eigenvalue weighted by Crippen LogP contribution is 2.36. The highest BCUT2D eigenvalue weighted by atomic mass is 32.1. The Labute approximate surface area is 222 Å². The maximum Gasteiger partial charge on any atom is 0.343 e. The fraction of sp³-hybridized carbons (Fsp3) is 0.296. The van der Waals surface area contributed by atoms with Gasteiger partial charge < -0.3 is 18.9 Å². The van der Waals surface area contributed by atoms with Gasteiger partial charge in [0.2, 0.25) is 0 Å². The summed E-state index contributed by atoms with van der Waals surface area (Å²) in [6.07, 6.45) is 5.06. The number of methoxy groups -OCH3 is 1. The van der Waals surface area contributed by atoms with Gasteiger partial charge in [-0.1, -0.05) is 17.4 Å². The molecule has 0 fully saturated rings. The minimum Gasteiger partial charge on any atom is -0.490 e. The van der Waals surface area contributed by atoms with Crippen molar-refractivity contribution in [3.63, 3.8) is 0 Å². The van der Waals surface area contributed by atoms with E-state index in [0.717, 1.165) is 5.56 Å². The Kier molecular flexibility index (Phi) is 8.37. The Morgan fingerprint density at radius 2 is 1.84 bits per heavy atom. The standard InChI is InChI=1S/C27H27N3O7S/c1-5-35-20-14-18(7-8-19(20)37-15-22(31)34-4)24-23(26(33)36-6-2)16(3)29-27-30(24)25(32)21(38-27)13-17-9-11-28-12-10-17/h7-14,24H,5-6,15H2,1-4H3/b21-13-/t24-/m1/s1. The van der Waals surface area contributed by atoms with E-state index in [1.807, 2.05) is 6.92 Å². The SMILES string of the molecule is CCOC(=O)C1=C(C)N=c2s/c(=C\c3ccncc3)c(=O)n2[C@@H]1c1ccc(OCC(=O)OC)c(OCC)c1. The van der Waals surface area contributed by atoms with Crippen LogP contribution in [0.2, 0.25) is 0 Å². The molecule has 1 aromatic carbocycles. The quantitative estimate of drug-likeness (QED) is 0.381. The van der Waals surface area contributed by atoms with Crippen LogP contribution in [0.5, 0.6) is 11.5 Å². The van der Waals surface area contributed by atoms with Crippen molar-refractivity contribution in [2.75, 3.05) is 26.9 Å². The maximum atomic E-state index is 13.7. The normalized spacial score (nSPS) is 14.9. The number of hydrogen-bond donors (Lipinski definition) is 0. The van der Waals surface area contributed by atoms with Crippen molar-refractivity contribution >= 4 is 29.4 Å². The second-order valence-electron chi connectivity index (χ2n) is 8.09. The van der Waals surface area contributed by atoms with E-state index >= 15 is 0 Å². The van der Waals surface area contributed by atoms with Crippen LogP contribution in [0.25, 0.3) is 6.08 Å². The lowest BCUT2D eigenvalue weighted by atomic mass is 9.95. The van der Waals surface area contributed by atoms with Crippen LogP contribution in [0.4, 0.5) is 0 Å². The molecule has 0 amide bonds. The second-order valence-corrected chi connectivity index (χ2v) is 9.10. The molecule has 3 aromatic rings. The number of fused-ring (bicyclic) bond motifs is 1. The zero-order valence-corrected chi connectivity index (χ0v) is 22.2. The molecule has 0 N–H and O–H groups in total. The number of allylic oxidation sites excluding steroid dienone is 1. The van der Waals surface area contributed by atoms with Crippen molar-refractivity contribution in [3.05, 3.63) is 84.8 Å². The number of carbonyl (C=O) groups is 2. The van der Waals surface area contributed by atoms with Gasteiger partial charge in [-0.2, -0.15) is 0 Å². The molecule has 198 valence electrons. The number of nitrogens with zero attached hydrogens (tertiary/aromatic N) is 3. The summed E-state index contributed by atoms with van der Waals surface area (Å²) in [5.74, 6) is -0.428. The first-order chi connectivity index (χ1) is 18.4. The molecule has 38 heavy (non-hydrogen) atoms. The number of thiazole rings is 1. The fourth-order valence-corrected chi connectivity index (χ4v) is 5.04. The number of aromatic nitrogens is 2. The lowest BCUT2D eigenvalue weighted by molar-refractivity contribution is -0.143. The highest BCUT2D eigenvalue weighted by molar-refractivity contribution is 7.07. The lowest BCUT2D eigenvalue weighted by Crippen LogP contribution is -2.40. The van der Waals surface area contributed by atoms with Crippen molar-refractivity contribution in [2.45, 2.75) is 26.8 Å². The molecule has 0 unspecified atom stereocenters. The number of ether oxygens (including phenoxy) is 4. The number of esters is 2. The predicted octanol–water partition coefficient (Wildman–Crippen LogP) is 2.14. The van der Waals surface area contributed by atoms with Gasteiger partial charge >= 0.3 is 11.9 Å². The van der Waals surface area contributed by atoms with Gasteiger partial charge in [0.05, 0.1) is 42.2 Å². The maximum absolute atomic E-state index is 13.7. The first-order valence-electron chi connectivity index (χ1n) is 11.9. The summed E-state index contributed by atoms with van der Waals surface area (Å²) in [7, 11) is 1.27. The van der Waals surface area contributed by atoms with Gasteiger partial charge in [0.25, 0.3) is 5.56 Å². The summed E-state index contributed by atoms with van der Waals surface area (Å²) < 4.78 is 23.3. The smallest absolute Gasteiger partial charge is 0.343 e. The van der Waals surface area contributed by atoms with E-state index in [1.165, 1.54) is 23.0 Å². The van der Waals surface area contributed by atoms with Gasteiger partial charge in [-0.05, 0) is 62.2 Å². The molecule has 4 rings (SSSR count). The molecule has 0 bridgehead atoms. The van der Waals surface area contributed by atoms with E-state index < -0.39 is 18.0 Å². The molecule has 3 heterocycles. The largest absolute Gasteiger partial charge is 0.490 e. The molecule has 0 saturated heterocycles. The van der Waals surface area contributed by atoms with Gasteiger partial charge in [-0.3, -0.25) is 14.3 Å². The molecule has 0 spiro atoms. The summed E-state index contributed by atoms with van der Waals surface area (Å²) in [5.41, 5.74) is 1.81. The van der Waals surface area contributed by atoms with E-state index in [2.05, 4.69) is 14.7 Å². The van der Waals surface area contributed by atoms with E-state index in [9.17, 15) is 14.4 Å². The number of carbonyl (C=O) groups excluding carboxylic acids is 2. The second kappa shape index (κ2) is 11.9. The number of benzene rings is 1. The molecular weight excluding hydrogens is 510 g/mol. The van der Waals surface area contributed by atoms with Gasteiger partial charge in [0, 0.05) is 12.4 Å². The third-order valence-electron chi connectivity index (χ3n) is 5.68. The summed E-state index contributed by atoms with van der Waals surface area (Å²) >= 11 is 1.23. The number of hydrogen-bond acceptors (Lipinski definition) is 10. The Hall–Kier alpha value is -4.25. The van der Waals surface area contributed by atoms with E-state index in [-0.39, 0.29) is 24.3 Å². The summed E-state index contributed by atoms with van der Waals surface area (Å²) in [5, 5.41) is 0. The Bertz CT molecular complexity index is 1560. The molecule has 1 aliphatic rings. The minimum absolute atomic E-state index is 0.166. The zero-order chi connectivity index (χ0) is 27.2. The molecule has 0 aliphatic carbocycles. The van der Waals surface area contributed by atoms with Crippen LogP contribution in [0.1, 0.15) is 37.9 Å². The van der Waals surface area contributed by atoms with Crippen LogP contribution in [-0.2, 0) is 19.1 Å². The van der Waals surface area contributed by atoms with Crippen LogP contribution in [-0.4, -0.2) is 48.4 Å². The predicted molar refractivity (Wildman–Crippen MR) is 140 cm³/mol.